The van der Waals surface area contributed by atoms with Gasteiger partial charge in [0.05, 0.1) is 24.6 Å². The average Bonchev–Trinajstić information content (AvgIpc) is 2.61. The van der Waals surface area contributed by atoms with E-state index in [0.29, 0.717) is 22.6 Å². The molecule has 1 N–H and O–H groups in total. The molecule has 5 nitrogen and oxygen atoms in total. The maximum Gasteiger partial charge on any atom is 0.312 e. The summed E-state index contributed by atoms with van der Waals surface area (Å²) in [7, 11) is 1.59. The highest BCUT2D eigenvalue weighted by Crippen LogP contribution is 2.40. The number of methoxy groups -OCH3 is 1. The standard InChI is InChI=1S/C19H15NO4/c1-23-12-6-4-5-11(9-12)14-10-16(21)24-18-13-7-2-3-8-15(13)20-19(22)17(14)18/h2-9,14H,10H2,1H3,(H,20,22)/t14-/m0/s1. The number of benzene rings is 2. The van der Waals surface area contributed by atoms with Gasteiger partial charge in [-0.25, -0.2) is 0 Å². The van der Waals surface area contributed by atoms with Crippen LogP contribution < -0.4 is 15.0 Å². The molecule has 1 aliphatic rings. The Morgan fingerprint density at radius 3 is 2.79 bits per heavy atom. The van der Waals surface area contributed by atoms with Gasteiger partial charge in [-0.2, -0.15) is 0 Å². The summed E-state index contributed by atoms with van der Waals surface area (Å²) in [6, 6.07) is 14.7. The van der Waals surface area contributed by atoms with Crippen molar-refractivity contribution in [1.82, 2.24) is 4.98 Å². The van der Waals surface area contributed by atoms with Crippen LogP contribution in [0.5, 0.6) is 11.5 Å². The summed E-state index contributed by atoms with van der Waals surface area (Å²) in [5, 5.41) is 0.730. The van der Waals surface area contributed by atoms with Crippen LogP contribution in [0, 0.1) is 0 Å². The summed E-state index contributed by atoms with van der Waals surface area (Å²) in [5.74, 6) is 0.347. The van der Waals surface area contributed by atoms with Gasteiger partial charge in [0.2, 0.25) is 0 Å². The van der Waals surface area contributed by atoms with Crippen LogP contribution in [0.3, 0.4) is 0 Å². The van der Waals surface area contributed by atoms with Crippen LogP contribution in [0.2, 0.25) is 0 Å². The Balaban J connectivity index is 1.98. The molecule has 0 bridgehead atoms. The number of hydrogen-bond donors (Lipinski definition) is 1. The lowest BCUT2D eigenvalue weighted by Gasteiger charge is -2.25. The van der Waals surface area contributed by atoms with Crippen molar-refractivity contribution in [1.29, 1.82) is 0 Å². The molecule has 0 saturated carbocycles. The smallest absolute Gasteiger partial charge is 0.312 e. The van der Waals surface area contributed by atoms with Crippen molar-refractivity contribution in [2.24, 2.45) is 0 Å². The van der Waals surface area contributed by atoms with Crippen LogP contribution in [0.15, 0.2) is 53.3 Å². The number of rotatable bonds is 2. The number of hydrogen-bond acceptors (Lipinski definition) is 4. The van der Waals surface area contributed by atoms with Crippen molar-refractivity contribution < 1.29 is 14.3 Å². The summed E-state index contributed by atoms with van der Waals surface area (Å²) in [6.45, 7) is 0. The molecule has 0 amide bonds. The van der Waals surface area contributed by atoms with Crippen LogP contribution >= 0.6 is 0 Å². The number of pyridine rings is 1. The third kappa shape index (κ3) is 2.25. The molecule has 5 heteroatoms. The van der Waals surface area contributed by atoms with Crippen LogP contribution in [-0.4, -0.2) is 18.1 Å². The number of H-pyrrole nitrogens is 1. The Labute approximate surface area is 137 Å². The SMILES string of the molecule is COc1cccc([C@@H]2CC(=O)Oc3c2c(=O)[nH]c2ccccc32)c1. The van der Waals surface area contributed by atoms with Crippen LogP contribution in [0.1, 0.15) is 23.5 Å². The van der Waals surface area contributed by atoms with Gasteiger partial charge in [0.15, 0.2) is 0 Å². The Kier molecular flexibility index (Phi) is 3.34. The maximum atomic E-state index is 12.6. The van der Waals surface area contributed by atoms with E-state index in [1.165, 1.54) is 0 Å². The van der Waals surface area contributed by atoms with Crippen molar-refractivity contribution in [2.45, 2.75) is 12.3 Å². The van der Waals surface area contributed by atoms with E-state index in [2.05, 4.69) is 4.98 Å². The third-order valence-corrected chi connectivity index (χ3v) is 4.34. The number of carbonyl (C=O) groups excluding carboxylic acids is 1. The molecule has 0 spiro atoms. The van der Waals surface area contributed by atoms with Crippen LogP contribution in [0.4, 0.5) is 0 Å². The number of nitrogens with one attached hydrogen (secondary N) is 1. The zero-order valence-corrected chi connectivity index (χ0v) is 13.0. The molecule has 0 aliphatic carbocycles. The van der Waals surface area contributed by atoms with E-state index in [4.69, 9.17) is 9.47 Å². The Morgan fingerprint density at radius 1 is 1.12 bits per heavy atom. The van der Waals surface area contributed by atoms with Gasteiger partial charge in [-0.3, -0.25) is 9.59 Å². The highest BCUT2D eigenvalue weighted by molar-refractivity contribution is 5.91. The first-order valence-corrected chi connectivity index (χ1v) is 7.67. The van der Waals surface area contributed by atoms with E-state index in [9.17, 15) is 9.59 Å². The van der Waals surface area contributed by atoms with Crippen molar-refractivity contribution in [2.75, 3.05) is 7.11 Å². The molecule has 24 heavy (non-hydrogen) atoms. The molecule has 4 rings (SSSR count). The lowest BCUT2D eigenvalue weighted by molar-refractivity contribution is -0.135. The normalized spacial score (nSPS) is 16.5. The fourth-order valence-electron chi connectivity index (χ4n) is 3.22. The quantitative estimate of drug-likeness (QED) is 0.737. The van der Waals surface area contributed by atoms with Crippen LogP contribution in [0.25, 0.3) is 10.9 Å². The van der Waals surface area contributed by atoms with Crippen molar-refractivity contribution in [3.63, 3.8) is 0 Å². The number of aromatic amines is 1. The molecular formula is C19H15NO4. The summed E-state index contributed by atoms with van der Waals surface area (Å²) in [5.41, 5.74) is 1.76. The summed E-state index contributed by atoms with van der Waals surface area (Å²) in [4.78, 5) is 27.7. The summed E-state index contributed by atoms with van der Waals surface area (Å²) in [6.07, 6.45) is 0.127. The zero-order valence-electron chi connectivity index (χ0n) is 13.0. The number of aromatic nitrogens is 1. The fourth-order valence-corrected chi connectivity index (χ4v) is 3.22. The van der Waals surface area contributed by atoms with E-state index in [-0.39, 0.29) is 23.9 Å². The predicted molar refractivity (Wildman–Crippen MR) is 89.7 cm³/mol. The van der Waals surface area contributed by atoms with Crippen molar-refractivity contribution in [3.05, 3.63) is 70.0 Å². The maximum absolute atomic E-state index is 12.6. The minimum absolute atomic E-state index is 0.127. The van der Waals surface area contributed by atoms with Gasteiger partial charge in [0, 0.05) is 11.3 Å². The third-order valence-electron chi connectivity index (χ3n) is 4.34. The van der Waals surface area contributed by atoms with Crippen molar-refractivity contribution in [3.8, 4) is 11.5 Å². The number of ether oxygens (including phenoxy) is 2. The Bertz CT molecular complexity index is 1010. The molecular weight excluding hydrogens is 306 g/mol. The first-order valence-electron chi connectivity index (χ1n) is 7.67. The summed E-state index contributed by atoms with van der Waals surface area (Å²) < 4.78 is 10.7. The van der Waals surface area contributed by atoms with Gasteiger partial charge in [0.1, 0.15) is 11.5 Å². The first kappa shape index (κ1) is 14.5. The molecule has 1 aliphatic heterocycles. The first-order chi connectivity index (χ1) is 11.7. The molecule has 1 atom stereocenters. The molecule has 0 unspecified atom stereocenters. The topological polar surface area (TPSA) is 68.4 Å². The molecule has 0 saturated heterocycles. The van der Waals surface area contributed by atoms with Gasteiger partial charge >= 0.3 is 5.97 Å². The van der Waals surface area contributed by atoms with Gasteiger partial charge in [0.25, 0.3) is 5.56 Å². The number of para-hydroxylation sites is 1. The lowest BCUT2D eigenvalue weighted by atomic mass is 9.86. The van der Waals surface area contributed by atoms with E-state index in [1.54, 1.807) is 13.2 Å². The molecule has 2 heterocycles. The van der Waals surface area contributed by atoms with Crippen molar-refractivity contribution >= 4 is 16.9 Å². The predicted octanol–water partition coefficient (Wildman–Crippen LogP) is 2.98. The van der Waals surface area contributed by atoms with E-state index < -0.39 is 0 Å². The van der Waals surface area contributed by atoms with Gasteiger partial charge in [-0.05, 0) is 29.8 Å². The van der Waals surface area contributed by atoms with E-state index in [0.717, 1.165) is 10.9 Å². The minimum atomic E-state index is -0.357. The number of fused-ring (bicyclic) bond motifs is 3. The second-order valence-corrected chi connectivity index (χ2v) is 5.75. The monoisotopic (exact) mass is 321 g/mol. The Hall–Kier alpha value is -3.08. The molecule has 2 aromatic carbocycles. The van der Waals surface area contributed by atoms with Gasteiger partial charge < -0.3 is 14.5 Å². The average molecular weight is 321 g/mol. The molecule has 3 aromatic rings. The van der Waals surface area contributed by atoms with Gasteiger partial charge in [-0.15, -0.1) is 0 Å². The van der Waals surface area contributed by atoms with E-state index >= 15 is 0 Å². The number of esters is 1. The Morgan fingerprint density at radius 2 is 1.96 bits per heavy atom. The second-order valence-electron chi connectivity index (χ2n) is 5.75. The lowest BCUT2D eigenvalue weighted by Crippen LogP contribution is -2.28. The second kappa shape index (κ2) is 5.53. The zero-order chi connectivity index (χ0) is 16.7. The summed E-state index contributed by atoms with van der Waals surface area (Å²) >= 11 is 0. The van der Waals surface area contributed by atoms with Gasteiger partial charge in [-0.1, -0.05) is 24.3 Å². The minimum Gasteiger partial charge on any atom is -0.497 e. The van der Waals surface area contributed by atoms with Crippen LogP contribution in [-0.2, 0) is 4.79 Å². The highest BCUT2D eigenvalue weighted by Gasteiger charge is 2.32. The molecule has 0 radical (unpaired) electrons. The highest BCUT2D eigenvalue weighted by atomic mass is 16.5. The molecule has 0 fully saturated rings. The molecule has 120 valence electrons. The number of carbonyl (C=O) groups is 1. The van der Waals surface area contributed by atoms with E-state index in [1.807, 2.05) is 42.5 Å². The largest absolute Gasteiger partial charge is 0.497 e. The fraction of sp³-hybridized carbons (Fsp3) is 0.158. The molecule has 1 aromatic heterocycles.